The number of benzene rings is 1. The molecular formula is C16H16N2OS. The predicted octanol–water partition coefficient (Wildman–Crippen LogP) is 3.67. The van der Waals surface area contributed by atoms with Gasteiger partial charge in [-0.05, 0) is 30.0 Å². The lowest BCUT2D eigenvalue weighted by Gasteiger charge is -2.18. The Morgan fingerprint density at radius 1 is 1.25 bits per heavy atom. The number of rotatable bonds is 3. The highest BCUT2D eigenvalue weighted by atomic mass is 32.1. The molecule has 0 fully saturated rings. The van der Waals surface area contributed by atoms with E-state index in [1.54, 1.807) is 18.4 Å². The average molecular weight is 284 g/mol. The molecular weight excluding hydrogens is 268 g/mol. The lowest BCUT2D eigenvalue weighted by molar-refractivity contribution is 0.0953. The lowest BCUT2D eigenvalue weighted by Crippen LogP contribution is -2.23. The van der Waals surface area contributed by atoms with E-state index in [9.17, 15) is 4.79 Å². The van der Waals surface area contributed by atoms with Gasteiger partial charge >= 0.3 is 0 Å². The van der Waals surface area contributed by atoms with E-state index in [-0.39, 0.29) is 11.9 Å². The summed E-state index contributed by atoms with van der Waals surface area (Å²) in [6.07, 6.45) is 0. The number of hydrogen-bond donors (Lipinski definition) is 1. The van der Waals surface area contributed by atoms with Crippen LogP contribution in [0.2, 0.25) is 0 Å². The summed E-state index contributed by atoms with van der Waals surface area (Å²) in [5.41, 5.74) is 3.03. The van der Waals surface area contributed by atoms with Gasteiger partial charge in [0.2, 0.25) is 0 Å². The fraction of sp³-hybridized carbons (Fsp3) is 0.188. The summed E-state index contributed by atoms with van der Waals surface area (Å²) >= 11 is 1.66. The first-order valence-electron chi connectivity index (χ1n) is 6.58. The number of nitrogens with one attached hydrogen (secondary N) is 1. The van der Waals surface area contributed by atoms with Gasteiger partial charge in [-0.1, -0.05) is 30.3 Å². The van der Waals surface area contributed by atoms with E-state index >= 15 is 0 Å². The van der Waals surface area contributed by atoms with Gasteiger partial charge in [0.1, 0.15) is 5.69 Å². The summed E-state index contributed by atoms with van der Waals surface area (Å²) in [6, 6.07) is 14.4. The third-order valence-electron chi connectivity index (χ3n) is 3.59. The number of thiophene rings is 1. The fourth-order valence-corrected chi connectivity index (χ4v) is 3.36. The van der Waals surface area contributed by atoms with Crippen molar-refractivity contribution in [2.75, 3.05) is 7.05 Å². The number of nitrogens with zero attached hydrogens (tertiary/aromatic N) is 1. The Morgan fingerprint density at radius 3 is 2.70 bits per heavy atom. The van der Waals surface area contributed by atoms with Crippen LogP contribution in [0.4, 0.5) is 0 Å². The molecule has 1 N–H and O–H groups in total. The smallest absolute Gasteiger partial charge is 0.267 e. The molecule has 2 aromatic heterocycles. The highest BCUT2D eigenvalue weighted by Crippen LogP contribution is 2.31. The first-order chi connectivity index (χ1) is 9.72. The number of carbonyl (C=O) groups is 1. The minimum absolute atomic E-state index is 0.0452. The van der Waals surface area contributed by atoms with E-state index in [0.29, 0.717) is 5.69 Å². The molecule has 1 atom stereocenters. The van der Waals surface area contributed by atoms with Crippen molar-refractivity contribution >= 4 is 27.5 Å². The first kappa shape index (κ1) is 12.9. The van der Waals surface area contributed by atoms with Crippen LogP contribution in [-0.2, 0) is 0 Å². The van der Waals surface area contributed by atoms with Crippen molar-refractivity contribution in [3.8, 4) is 0 Å². The molecule has 20 heavy (non-hydrogen) atoms. The SMILES string of the molecule is CNC(=O)c1cc2sccc2n1C(C)c1ccccc1. The van der Waals surface area contributed by atoms with Crippen molar-refractivity contribution in [2.24, 2.45) is 0 Å². The molecule has 0 aliphatic carbocycles. The van der Waals surface area contributed by atoms with Gasteiger partial charge < -0.3 is 9.88 Å². The zero-order valence-electron chi connectivity index (χ0n) is 11.5. The average Bonchev–Trinajstić information content (AvgIpc) is 3.07. The highest BCUT2D eigenvalue weighted by Gasteiger charge is 2.20. The molecule has 3 nitrogen and oxygen atoms in total. The van der Waals surface area contributed by atoms with Gasteiger partial charge in [-0.3, -0.25) is 4.79 Å². The standard InChI is InChI=1S/C16H16N2OS/c1-11(12-6-4-3-5-7-12)18-13-8-9-20-15(13)10-14(18)16(19)17-2/h3-11H,1-2H3,(H,17,19). The van der Waals surface area contributed by atoms with Crippen molar-refractivity contribution in [1.29, 1.82) is 0 Å². The van der Waals surface area contributed by atoms with Crippen molar-refractivity contribution in [3.05, 3.63) is 59.1 Å². The molecule has 1 amide bonds. The van der Waals surface area contributed by atoms with Gasteiger partial charge in [-0.2, -0.15) is 0 Å². The van der Waals surface area contributed by atoms with Crippen molar-refractivity contribution in [2.45, 2.75) is 13.0 Å². The van der Waals surface area contributed by atoms with Gasteiger partial charge in [0.15, 0.2) is 0 Å². The van der Waals surface area contributed by atoms with Crippen molar-refractivity contribution in [1.82, 2.24) is 9.88 Å². The maximum Gasteiger partial charge on any atom is 0.267 e. The molecule has 0 aliphatic heterocycles. The second-order valence-corrected chi connectivity index (χ2v) is 5.68. The van der Waals surface area contributed by atoms with Gasteiger partial charge in [-0.15, -0.1) is 11.3 Å². The summed E-state index contributed by atoms with van der Waals surface area (Å²) < 4.78 is 3.26. The summed E-state index contributed by atoms with van der Waals surface area (Å²) in [5, 5.41) is 4.79. The van der Waals surface area contributed by atoms with E-state index < -0.39 is 0 Å². The van der Waals surface area contributed by atoms with Gasteiger partial charge in [0, 0.05) is 7.05 Å². The molecule has 102 valence electrons. The fourth-order valence-electron chi connectivity index (χ4n) is 2.55. The summed E-state index contributed by atoms with van der Waals surface area (Å²) in [4.78, 5) is 12.1. The molecule has 3 aromatic rings. The second-order valence-electron chi connectivity index (χ2n) is 4.74. The number of amides is 1. The maximum atomic E-state index is 12.1. The van der Waals surface area contributed by atoms with Crippen LogP contribution in [-0.4, -0.2) is 17.5 Å². The third-order valence-corrected chi connectivity index (χ3v) is 4.44. The molecule has 0 saturated carbocycles. The normalized spacial score (nSPS) is 12.5. The Labute approximate surface area is 121 Å². The van der Waals surface area contributed by atoms with Crippen LogP contribution in [0.5, 0.6) is 0 Å². The Morgan fingerprint density at radius 2 is 2.00 bits per heavy atom. The molecule has 4 heteroatoms. The van der Waals surface area contributed by atoms with Crippen molar-refractivity contribution < 1.29 is 4.79 Å². The van der Waals surface area contributed by atoms with Gasteiger partial charge in [-0.25, -0.2) is 0 Å². The molecule has 0 bridgehead atoms. The molecule has 0 saturated heterocycles. The second kappa shape index (κ2) is 5.13. The monoisotopic (exact) mass is 284 g/mol. The third kappa shape index (κ3) is 2.02. The summed E-state index contributed by atoms with van der Waals surface area (Å²) in [7, 11) is 1.67. The van der Waals surface area contributed by atoms with E-state index in [2.05, 4.69) is 40.4 Å². The van der Waals surface area contributed by atoms with E-state index in [4.69, 9.17) is 0 Å². The van der Waals surface area contributed by atoms with Crippen LogP contribution in [0, 0.1) is 0 Å². The lowest BCUT2D eigenvalue weighted by atomic mass is 10.1. The number of hydrogen-bond acceptors (Lipinski definition) is 2. The van der Waals surface area contributed by atoms with Gasteiger partial charge in [0.25, 0.3) is 5.91 Å². The molecule has 1 aromatic carbocycles. The van der Waals surface area contributed by atoms with Crippen LogP contribution >= 0.6 is 11.3 Å². The Kier molecular flexibility index (Phi) is 3.32. The van der Waals surface area contributed by atoms with Crippen LogP contribution in [0.1, 0.15) is 29.0 Å². The Balaban J connectivity index is 2.18. The zero-order valence-corrected chi connectivity index (χ0v) is 12.3. The Bertz CT molecular complexity index is 742. The predicted molar refractivity (Wildman–Crippen MR) is 83.5 cm³/mol. The number of aromatic nitrogens is 1. The van der Waals surface area contributed by atoms with Gasteiger partial charge in [0.05, 0.1) is 16.3 Å². The number of carbonyl (C=O) groups excluding carboxylic acids is 1. The van der Waals surface area contributed by atoms with E-state index in [1.165, 1.54) is 5.56 Å². The molecule has 0 aliphatic rings. The number of fused-ring (bicyclic) bond motifs is 1. The van der Waals surface area contributed by atoms with Crippen LogP contribution < -0.4 is 5.32 Å². The molecule has 3 rings (SSSR count). The Hall–Kier alpha value is -2.07. The zero-order chi connectivity index (χ0) is 14.1. The summed E-state index contributed by atoms with van der Waals surface area (Å²) in [6.45, 7) is 2.12. The maximum absolute atomic E-state index is 12.1. The largest absolute Gasteiger partial charge is 0.354 e. The van der Waals surface area contributed by atoms with E-state index in [1.807, 2.05) is 24.3 Å². The first-order valence-corrected chi connectivity index (χ1v) is 7.46. The minimum Gasteiger partial charge on any atom is -0.354 e. The molecule has 0 radical (unpaired) electrons. The molecule has 1 unspecified atom stereocenters. The van der Waals surface area contributed by atoms with Crippen LogP contribution in [0.15, 0.2) is 47.8 Å². The summed E-state index contributed by atoms with van der Waals surface area (Å²) in [5.74, 6) is -0.0452. The minimum atomic E-state index is -0.0452. The molecule has 0 spiro atoms. The quantitative estimate of drug-likeness (QED) is 0.782. The van der Waals surface area contributed by atoms with E-state index in [0.717, 1.165) is 10.2 Å². The molecule has 2 heterocycles. The van der Waals surface area contributed by atoms with Crippen LogP contribution in [0.3, 0.4) is 0 Å². The topological polar surface area (TPSA) is 34.0 Å². The van der Waals surface area contributed by atoms with Crippen LogP contribution in [0.25, 0.3) is 10.2 Å². The van der Waals surface area contributed by atoms with Crippen molar-refractivity contribution in [3.63, 3.8) is 0 Å². The highest BCUT2D eigenvalue weighted by molar-refractivity contribution is 7.17.